The van der Waals surface area contributed by atoms with Crippen LogP contribution in [-0.4, -0.2) is 58.3 Å². The van der Waals surface area contributed by atoms with E-state index in [1.165, 1.54) is 16.4 Å². The van der Waals surface area contributed by atoms with Gasteiger partial charge in [-0.25, -0.2) is 4.98 Å². The predicted molar refractivity (Wildman–Crippen MR) is 119 cm³/mol. The maximum atomic E-state index is 12.7. The second-order valence-corrected chi connectivity index (χ2v) is 7.53. The Morgan fingerprint density at radius 3 is 2.58 bits per heavy atom. The summed E-state index contributed by atoms with van der Waals surface area (Å²) in [5.74, 6) is 0.490. The number of hydrogen-bond acceptors (Lipinski definition) is 7. The molecule has 0 amide bonds. The number of hydrogen-bond donors (Lipinski definition) is 2. The number of ether oxygens (including phenoxy) is 1. The van der Waals surface area contributed by atoms with Gasteiger partial charge < -0.3 is 15.0 Å². The van der Waals surface area contributed by atoms with Crippen LogP contribution in [0.1, 0.15) is 5.56 Å². The molecule has 0 radical (unpaired) electrons. The van der Waals surface area contributed by atoms with Crippen LogP contribution in [0.25, 0.3) is 28.0 Å². The molecule has 4 heterocycles. The van der Waals surface area contributed by atoms with Crippen molar-refractivity contribution in [1.29, 1.82) is 0 Å². The summed E-state index contributed by atoms with van der Waals surface area (Å²) >= 11 is 0. The minimum Gasteiger partial charge on any atom is -0.481 e. The van der Waals surface area contributed by atoms with Crippen molar-refractivity contribution >= 4 is 16.7 Å². The van der Waals surface area contributed by atoms with Gasteiger partial charge in [-0.2, -0.15) is 14.9 Å². The third-order valence-electron chi connectivity index (χ3n) is 5.56. The Balaban J connectivity index is 1.55. The van der Waals surface area contributed by atoms with Crippen LogP contribution in [-0.2, 0) is 0 Å². The van der Waals surface area contributed by atoms with Gasteiger partial charge in [0.2, 0.25) is 5.88 Å². The summed E-state index contributed by atoms with van der Waals surface area (Å²) in [7, 11) is 1.56. The van der Waals surface area contributed by atoms with E-state index in [-0.39, 0.29) is 5.56 Å². The van der Waals surface area contributed by atoms with Crippen LogP contribution in [0.3, 0.4) is 0 Å². The molecule has 0 atom stereocenters. The number of methoxy groups -OCH3 is 1. The summed E-state index contributed by atoms with van der Waals surface area (Å²) in [6, 6.07) is 11.6. The van der Waals surface area contributed by atoms with Gasteiger partial charge in [0.25, 0.3) is 5.56 Å². The smallest absolute Gasteiger partial charge is 0.273 e. The fourth-order valence-electron chi connectivity index (χ4n) is 3.87. The fourth-order valence-corrected chi connectivity index (χ4v) is 3.87. The first kappa shape index (κ1) is 19.3. The van der Waals surface area contributed by atoms with Crippen molar-refractivity contribution in [2.24, 2.45) is 0 Å². The highest BCUT2D eigenvalue weighted by molar-refractivity contribution is 5.89. The fraction of sp³-hybridized carbons (Fsp3) is 0.273. The molecule has 5 rings (SSSR count). The number of nitrogens with zero attached hydrogens (tertiary/aromatic N) is 5. The number of aromatic amines is 1. The van der Waals surface area contributed by atoms with E-state index in [0.29, 0.717) is 28.3 Å². The average Bonchev–Trinajstić information content (AvgIpc) is 3.22. The van der Waals surface area contributed by atoms with Crippen molar-refractivity contribution < 1.29 is 4.74 Å². The van der Waals surface area contributed by atoms with E-state index in [1.807, 2.05) is 19.1 Å². The Hall–Kier alpha value is -3.72. The molecule has 158 valence electrons. The zero-order valence-electron chi connectivity index (χ0n) is 17.4. The van der Waals surface area contributed by atoms with Crippen molar-refractivity contribution in [3.05, 3.63) is 58.5 Å². The van der Waals surface area contributed by atoms with Gasteiger partial charge in [0.1, 0.15) is 11.2 Å². The van der Waals surface area contributed by atoms with Crippen molar-refractivity contribution in [3.8, 4) is 22.8 Å². The van der Waals surface area contributed by atoms with Crippen LogP contribution in [0.5, 0.6) is 5.88 Å². The van der Waals surface area contributed by atoms with Gasteiger partial charge in [0, 0.05) is 49.6 Å². The second kappa shape index (κ2) is 7.84. The quantitative estimate of drug-likeness (QED) is 0.523. The molecule has 0 bridgehead atoms. The summed E-state index contributed by atoms with van der Waals surface area (Å²) in [5.41, 5.74) is 5.25. The van der Waals surface area contributed by atoms with Crippen molar-refractivity contribution in [2.75, 3.05) is 38.2 Å². The molecule has 0 aliphatic carbocycles. The molecule has 9 heteroatoms. The van der Waals surface area contributed by atoms with E-state index >= 15 is 0 Å². The summed E-state index contributed by atoms with van der Waals surface area (Å²) < 4.78 is 6.52. The molecule has 1 saturated heterocycles. The van der Waals surface area contributed by atoms with Gasteiger partial charge in [0.05, 0.1) is 24.5 Å². The number of fused-ring (bicyclic) bond motifs is 1. The summed E-state index contributed by atoms with van der Waals surface area (Å²) in [6.07, 6.45) is 1.59. The van der Waals surface area contributed by atoms with E-state index < -0.39 is 0 Å². The van der Waals surface area contributed by atoms with Gasteiger partial charge in [0.15, 0.2) is 0 Å². The molecule has 3 aromatic heterocycles. The van der Waals surface area contributed by atoms with Gasteiger partial charge in [-0.15, -0.1) is 0 Å². The highest BCUT2D eigenvalue weighted by atomic mass is 16.5. The van der Waals surface area contributed by atoms with E-state index in [1.54, 1.807) is 19.4 Å². The molecule has 1 aliphatic rings. The zero-order valence-corrected chi connectivity index (χ0v) is 17.4. The number of nitrogens with one attached hydrogen (secondary N) is 2. The zero-order chi connectivity index (χ0) is 21.4. The van der Waals surface area contributed by atoms with Crippen LogP contribution in [0.2, 0.25) is 0 Å². The largest absolute Gasteiger partial charge is 0.481 e. The summed E-state index contributed by atoms with van der Waals surface area (Å²) in [6.45, 7) is 5.87. The van der Waals surface area contributed by atoms with Gasteiger partial charge >= 0.3 is 0 Å². The molecular weight excluding hydrogens is 394 g/mol. The molecule has 1 fully saturated rings. The lowest BCUT2D eigenvalue weighted by Crippen LogP contribution is -2.43. The number of rotatable bonds is 4. The lowest BCUT2D eigenvalue weighted by molar-refractivity contribution is 0.397. The number of anilines is 1. The van der Waals surface area contributed by atoms with Gasteiger partial charge in [-0.05, 0) is 24.6 Å². The first-order valence-electron chi connectivity index (χ1n) is 10.2. The Morgan fingerprint density at radius 1 is 1.10 bits per heavy atom. The van der Waals surface area contributed by atoms with Gasteiger partial charge in [-0.3, -0.25) is 9.89 Å². The van der Waals surface area contributed by atoms with Crippen LogP contribution in [0.15, 0.2) is 47.4 Å². The van der Waals surface area contributed by atoms with E-state index in [2.05, 4.69) is 42.6 Å². The standard InChI is InChI=1S/C22H23N7O2/c1-14-11-19(31-2)24-13-18(14)29-20(30)12-17-22(27-29)21(26-25-17)15-3-5-16(6-4-15)28-9-7-23-8-10-28/h3-6,11-13,23,25H,7-10H2,1-2H3. The number of aromatic nitrogens is 5. The molecule has 4 aromatic rings. The third kappa shape index (κ3) is 3.53. The van der Waals surface area contributed by atoms with Crippen LogP contribution in [0.4, 0.5) is 5.69 Å². The Kier molecular flexibility index (Phi) is 4.87. The Labute approximate surface area is 178 Å². The Morgan fingerprint density at radius 2 is 1.87 bits per heavy atom. The monoisotopic (exact) mass is 417 g/mol. The Bertz CT molecular complexity index is 1290. The highest BCUT2D eigenvalue weighted by Crippen LogP contribution is 2.27. The van der Waals surface area contributed by atoms with Crippen LogP contribution in [0, 0.1) is 6.92 Å². The molecule has 31 heavy (non-hydrogen) atoms. The maximum Gasteiger partial charge on any atom is 0.273 e. The SMILES string of the molecule is COc1cc(C)c(-n2nc3c(-c4ccc(N5CCNCC5)cc4)n[nH]c3cc2=O)cn1. The average molecular weight is 417 g/mol. The molecule has 9 nitrogen and oxygen atoms in total. The molecule has 0 unspecified atom stereocenters. The molecule has 2 N–H and O–H groups in total. The van der Waals surface area contributed by atoms with E-state index in [0.717, 1.165) is 37.3 Å². The summed E-state index contributed by atoms with van der Waals surface area (Å²) in [4.78, 5) is 19.3. The molecule has 0 spiro atoms. The van der Waals surface area contributed by atoms with Crippen molar-refractivity contribution in [3.63, 3.8) is 0 Å². The second-order valence-electron chi connectivity index (χ2n) is 7.53. The van der Waals surface area contributed by atoms with Crippen LogP contribution >= 0.6 is 0 Å². The van der Waals surface area contributed by atoms with Crippen LogP contribution < -0.4 is 20.5 Å². The maximum absolute atomic E-state index is 12.7. The minimum absolute atomic E-state index is 0.258. The first-order chi connectivity index (χ1) is 15.1. The molecule has 0 saturated carbocycles. The predicted octanol–water partition coefficient (Wildman–Crippen LogP) is 1.90. The number of H-pyrrole nitrogens is 1. The molecule has 1 aromatic carbocycles. The molecular formula is C22H23N7O2. The highest BCUT2D eigenvalue weighted by Gasteiger charge is 2.16. The normalized spacial score (nSPS) is 14.2. The number of aryl methyl sites for hydroxylation is 1. The first-order valence-corrected chi connectivity index (χ1v) is 10.2. The lowest BCUT2D eigenvalue weighted by Gasteiger charge is -2.29. The van der Waals surface area contributed by atoms with Crippen molar-refractivity contribution in [2.45, 2.75) is 6.92 Å². The van der Waals surface area contributed by atoms with E-state index in [4.69, 9.17) is 4.74 Å². The summed E-state index contributed by atoms with van der Waals surface area (Å²) in [5, 5.41) is 15.4. The minimum atomic E-state index is -0.258. The van der Waals surface area contributed by atoms with E-state index in [9.17, 15) is 4.79 Å². The lowest BCUT2D eigenvalue weighted by atomic mass is 10.1. The topological polar surface area (TPSA) is 101 Å². The third-order valence-corrected chi connectivity index (χ3v) is 5.56. The molecule has 1 aliphatic heterocycles. The number of pyridine rings is 1. The number of piperazine rings is 1. The number of benzene rings is 1. The van der Waals surface area contributed by atoms with Crippen molar-refractivity contribution in [1.82, 2.24) is 30.3 Å². The van der Waals surface area contributed by atoms with Gasteiger partial charge in [-0.1, -0.05) is 12.1 Å².